The summed E-state index contributed by atoms with van der Waals surface area (Å²) in [5.74, 6) is 1.86. The minimum atomic E-state index is -4.30. The smallest absolute Gasteiger partial charge is 0.244 e. The molecule has 57 heavy (non-hydrogen) atoms. The average molecular weight is 786 g/mol. The summed E-state index contributed by atoms with van der Waals surface area (Å²) in [6, 6.07) is 34.4. The van der Waals surface area contributed by atoms with Crippen LogP contribution in [0.1, 0.15) is 28.2 Å². The van der Waals surface area contributed by atoms with Crippen molar-refractivity contribution < 1.29 is 22.6 Å². The quantitative estimate of drug-likeness (QED) is 0.0470. The summed E-state index contributed by atoms with van der Waals surface area (Å²) in [6.07, 6.45) is 0. The number of aromatic nitrogens is 4. The Labute approximate surface area is 329 Å². The van der Waals surface area contributed by atoms with Gasteiger partial charge >= 0.3 is 0 Å². The summed E-state index contributed by atoms with van der Waals surface area (Å²) < 4.78 is 49.6. The fraction of sp³-hybridized carbons (Fsp3) is 0.225. The van der Waals surface area contributed by atoms with Crippen LogP contribution in [0.3, 0.4) is 0 Å². The summed E-state index contributed by atoms with van der Waals surface area (Å²) in [6.45, 7) is 0.510. The first-order valence-corrected chi connectivity index (χ1v) is 19.1. The maximum Gasteiger partial charge on any atom is 0.244 e. The fourth-order valence-corrected chi connectivity index (χ4v) is 7.94. The Morgan fingerprint density at radius 1 is 0.702 bits per heavy atom. The lowest BCUT2D eigenvalue weighted by molar-refractivity contribution is 0.397. The SMILES string of the molecule is COc1ccc(CN(Cc2ccc(OC)cc2)S(=O)(=O)c2cccc(-c3ccc(C(CN=[N+]=[N-])CN=[N+]=[N-])cc3)c2-c2nnnn2Cc2ccc(OC)cc2)cc1. The molecule has 6 rings (SSSR count). The molecule has 290 valence electrons. The van der Waals surface area contributed by atoms with Crippen LogP contribution in [0.15, 0.2) is 130 Å². The van der Waals surface area contributed by atoms with Crippen LogP contribution in [0.4, 0.5) is 0 Å². The third kappa shape index (κ3) is 9.50. The molecule has 0 saturated heterocycles. The van der Waals surface area contributed by atoms with E-state index in [0.717, 1.165) is 22.3 Å². The standard InChI is InChI=1S/C40H39N11O5S/c1-54-34-17-7-28(8-18-34)25-50(26-29-9-19-35(55-2)20-10-29)57(52,53)38-6-4-5-37(32-15-13-31(14-16-32)33(23-43-46-41)24-44-47-42)39(38)40-45-48-49-51(40)27-30-11-21-36(56-3)22-12-30/h4-22,33H,23-27H2,1-3H3. The summed E-state index contributed by atoms with van der Waals surface area (Å²) in [4.78, 5) is 5.74. The van der Waals surface area contributed by atoms with Crippen LogP contribution < -0.4 is 14.2 Å². The van der Waals surface area contributed by atoms with Crippen molar-refractivity contribution in [2.45, 2.75) is 30.4 Å². The third-order valence-electron chi connectivity index (χ3n) is 9.35. The zero-order chi connectivity index (χ0) is 40.2. The van der Waals surface area contributed by atoms with E-state index in [0.29, 0.717) is 33.9 Å². The zero-order valence-electron chi connectivity index (χ0n) is 31.5. The Hall–Kier alpha value is -6.90. The van der Waals surface area contributed by atoms with Gasteiger partial charge < -0.3 is 14.2 Å². The van der Waals surface area contributed by atoms with Crippen molar-refractivity contribution in [3.05, 3.63) is 158 Å². The molecule has 0 spiro atoms. The maximum absolute atomic E-state index is 15.3. The Morgan fingerprint density at radius 3 is 1.70 bits per heavy atom. The number of sulfonamides is 1. The Balaban J connectivity index is 1.50. The number of hydrogen-bond acceptors (Lipinski definition) is 10. The molecule has 1 aromatic heterocycles. The average Bonchev–Trinajstić information content (AvgIpc) is 3.71. The number of rotatable bonds is 18. The highest BCUT2D eigenvalue weighted by Gasteiger charge is 2.32. The van der Waals surface area contributed by atoms with Crippen molar-refractivity contribution in [3.63, 3.8) is 0 Å². The van der Waals surface area contributed by atoms with Crippen LogP contribution in [0, 0.1) is 0 Å². The first-order valence-electron chi connectivity index (χ1n) is 17.7. The van der Waals surface area contributed by atoms with Gasteiger partial charge in [-0.1, -0.05) is 83.0 Å². The number of nitrogens with zero attached hydrogens (tertiary/aromatic N) is 11. The molecule has 0 unspecified atom stereocenters. The van der Waals surface area contributed by atoms with E-state index < -0.39 is 10.0 Å². The first-order chi connectivity index (χ1) is 27.8. The van der Waals surface area contributed by atoms with Crippen molar-refractivity contribution in [3.8, 4) is 39.8 Å². The van der Waals surface area contributed by atoms with Gasteiger partial charge in [-0.15, -0.1) is 5.10 Å². The van der Waals surface area contributed by atoms with Crippen LogP contribution in [0.2, 0.25) is 0 Å². The van der Waals surface area contributed by atoms with Gasteiger partial charge in [-0.05, 0) is 103 Å². The minimum absolute atomic E-state index is 0.00136. The van der Waals surface area contributed by atoms with E-state index in [1.165, 1.54) is 4.31 Å². The topological polar surface area (TPSA) is 206 Å². The first kappa shape index (κ1) is 39.8. The highest BCUT2D eigenvalue weighted by atomic mass is 32.2. The molecule has 0 aliphatic heterocycles. The van der Waals surface area contributed by atoms with Crippen molar-refractivity contribution in [1.82, 2.24) is 24.5 Å². The van der Waals surface area contributed by atoms with Crippen LogP contribution >= 0.6 is 0 Å². The molecule has 0 radical (unpaired) electrons. The number of tetrazole rings is 1. The molecule has 5 aromatic carbocycles. The van der Waals surface area contributed by atoms with Crippen molar-refractivity contribution in [2.24, 2.45) is 10.2 Å². The lowest BCUT2D eigenvalue weighted by Crippen LogP contribution is -2.31. The molecule has 0 bridgehead atoms. The zero-order valence-corrected chi connectivity index (χ0v) is 32.3. The minimum Gasteiger partial charge on any atom is -0.497 e. The molecule has 6 aromatic rings. The maximum atomic E-state index is 15.3. The summed E-state index contributed by atoms with van der Waals surface area (Å²) >= 11 is 0. The van der Waals surface area contributed by atoms with E-state index in [1.54, 1.807) is 62.4 Å². The van der Waals surface area contributed by atoms with Crippen LogP contribution in [0.5, 0.6) is 17.2 Å². The van der Waals surface area contributed by atoms with E-state index in [2.05, 4.69) is 35.6 Å². The van der Waals surface area contributed by atoms with Crippen LogP contribution in [-0.2, 0) is 29.7 Å². The second-order valence-corrected chi connectivity index (χ2v) is 14.7. The number of benzene rings is 5. The van der Waals surface area contributed by atoms with Crippen molar-refractivity contribution >= 4 is 10.0 Å². The molecule has 0 aliphatic rings. The van der Waals surface area contributed by atoms with E-state index in [1.807, 2.05) is 78.9 Å². The van der Waals surface area contributed by atoms with Gasteiger partial charge in [0.15, 0.2) is 5.82 Å². The molecule has 0 saturated carbocycles. The van der Waals surface area contributed by atoms with Gasteiger partial charge in [-0.2, -0.15) is 4.31 Å². The molecule has 1 heterocycles. The summed E-state index contributed by atoms with van der Waals surface area (Å²) in [5.41, 5.74) is 22.6. The molecular weight excluding hydrogens is 747 g/mol. The Bertz CT molecular complexity index is 2410. The van der Waals surface area contributed by atoms with E-state index in [-0.39, 0.29) is 49.4 Å². The number of azide groups is 2. The second kappa shape index (κ2) is 18.6. The van der Waals surface area contributed by atoms with Gasteiger partial charge in [0.25, 0.3) is 0 Å². The van der Waals surface area contributed by atoms with Crippen molar-refractivity contribution in [1.29, 1.82) is 0 Å². The Morgan fingerprint density at radius 2 is 1.21 bits per heavy atom. The highest BCUT2D eigenvalue weighted by Crippen LogP contribution is 2.39. The third-order valence-corrected chi connectivity index (χ3v) is 11.2. The van der Waals surface area contributed by atoms with E-state index >= 15 is 8.42 Å². The molecular formula is C40H39N11O5S. The fourth-order valence-electron chi connectivity index (χ4n) is 6.32. The molecule has 0 amide bonds. The van der Waals surface area contributed by atoms with Crippen molar-refractivity contribution in [2.75, 3.05) is 34.4 Å². The van der Waals surface area contributed by atoms with Gasteiger partial charge in [0.1, 0.15) is 17.2 Å². The van der Waals surface area contributed by atoms with E-state index in [9.17, 15) is 0 Å². The number of hydrogen-bond donors (Lipinski definition) is 0. The molecule has 0 aliphatic carbocycles. The van der Waals surface area contributed by atoms with E-state index in [4.69, 9.17) is 25.3 Å². The van der Waals surface area contributed by atoms with Crippen LogP contribution in [0.25, 0.3) is 43.4 Å². The van der Waals surface area contributed by atoms with Gasteiger partial charge in [-0.3, -0.25) is 0 Å². The van der Waals surface area contributed by atoms with Gasteiger partial charge in [-0.25, -0.2) is 13.1 Å². The predicted molar refractivity (Wildman–Crippen MR) is 214 cm³/mol. The summed E-state index contributed by atoms with van der Waals surface area (Å²) in [7, 11) is 0.434. The lowest BCUT2D eigenvalue weighted by atomic mass is 9.94. The molecule has 0 N–H and O–H groups in total. The van der Waals surface area contributed by atoms with Gasteiger partial charge in [0.2, 0.25) is 10.0 Å². The lowest BCUT2D eigenvalue weighted by Gasteiger charge is -2.25. The monoisotopic (exact) mass is 785 g/mol. The molecule has 17 heteroatoms. The second-order valence-electron chi connectivity index (χ2n) is 12.8. The normalized spacial score (nSPS) is 11.6. The summed E-state index contributed by atoms with van der Waals surface area (Å²) in [5, 5.41) is 20.2. The number of ether oxygens (including phenoxy) is 3. The Kier molecular flexibility index (Phi) is 13.0. The number of methoxy groups -OCH3 is 3. The molecule has 16 nitrogen and oxygen atoms in total. The molecule has 0 atom stereocenters. The van der Waals surface area contributed by atoms with Crippen LogP contribution in [-0.4, -0.2) is 67.3 Å². The predicted octanol–water partition coefficient (Wildman–Crippen LogP) is 8.18. The largest absolute Gasteiger partial charge is 0.497 e. The van der Waals surface area contributed by atoms with Gasteiger partial charge in [0.05, 0.1) is 32.8 Å². The molecule has 0 fully saturated rings. The highest BCUT2D eigenvalue weighted by molar-refractivity contribution is 7.89. The van der Waals surface area contributed by atoms with Gasteiger partial charge in [0, 0.05) is 41.6 Å².